The Morgan fingerprint density at radius 3 is 2.33 bits per heavy atom. The van der Waals surface area contributed by atoms with Crippen LogP contribution in [0.15, 0.2) is 42.5 Å². The minimum absolute atomic E-state index is 0.743. The molecule has 0 saturated heterocycles. The minimum atomic E-state index is 0.743. The first-order valence-electron chi connectivity index (χ1n) is 5.52. The predicted octanol–water partition coefficient (Wildman–Crippen LogP) is 5.01. The van der Waals surface area contributed by atoms with E-state index in [2.05, 4.69) is 0 Å². The van der Waals surface area contributed by atoms with Crippen LogP contribution in [0.3, 0.4) is 0 Å². The molecule has 0 saturated carbocycles. The summed E-state index contributed by atoms with van der Waals surface area (Å²) in [5, 5.41) is 1.57. The fourth-order valence-corrected chi connectivity index (χ4v) is 3.17. The van der Waals surface area contributed by atoms with Gasteiger partial charge in [0.15, 0.2) is 0 Å². The largest absolute Gasteiger partial charge is 0.399 e. The molecule has 0 atom stereocenters. The fraction of sp³-hybridized carbons (Fsp3) is 0.143. The Bertz CT molecular complexity index is 543. The first kappa shape index (κ1) is 13.6. The summed E-state index contributed by atoms with van der Waals surface area (Å²) in [4.78, 5) is 0. The van der Waals surface area contributed by atoms with E-state index in [4.69, 9.17) is 28.9 Å². The van der Waals surface area contributed by atoms with E-state index in [1.54, 1.807) is 11.8 Å². The molecule has 2 rings (SSSR count). The Balaban J connectivity index is 1.96. The molecule has 2 aromatic rings. The number of nitrogen functional groups attached to an aromatic ring is 1. The summed E-state index contributed by atoms with van der Waals surface area (Å²) < 4.78 is 0. The summed E-state index contributed by atoms with van der Waals surface area (Å²) in [6, 6.07) is 13.4. The molecule has 4 heteroatoms. The van der Waals surface area contributed by atoms with E-state index in [0.29, 0.717) is 0 Å². The van der Waals surface area contributed by atoms with Gasteiger partial charge in [-0.1, -0.05) is 41.4 Å². The van der Waals surface area contributed by atoms with E-state index in [-0.39, 0.29) is 0 Å². The molecule has 0 heterocycles. The first-order chi connectivity index (χ1) is 8.66. The maximum atomic E-state index is 6.11. The topological polar surface area (TPSA) is 26.0 Å². The van der Waals surface area contributed by atoms with Crippen molar-refractivity contribution >= 4 is 40.7 Å². The molecule has 0 aliphatic heterocycles. The van der Waals surface area contributed by atoms with Crippen LogP contribution in [-0.2, 0) is 11.5 Å². The lowest BCUT2D eigenvalue weighted by Crippen LogP contribution is -1.89. The zero-order valence-corrected chi connectivity index (χ0v) is 12.0. The molecule has 0 radical (unpaired) electrons. The van der Waals surface area contributed by atoms with E-state index < -0.39 is 0 Å². The van der Waals surface area contributed by atoms with Crippen molar-refractivity contribution in [2.75, 3.05) is 5.73 Å². The van der Waals surface area contributed by atoms with Crippen LogP contribution in [-0.4, -0.2) is 0 Å². The second-order valence-corrected chi connectivity index (χ2v) is 5.74. The second kappa shape index (κ2) is 6.37. The predicted molar refractivity (Wildman–Crippen MR) is 82.3 cm³/mol. The lowest BCUT2D eigenvalue weighted by atomic mass is 10.2. The van der Waals surface area contributed by atoms with Gasteiger partial charge in [-0.3, -0.25) is 0 Å². The molecule has 0 spiro atoms. The highest BCUT2D eigenvalue weighted by Crippen LogP contribution is 2.27. The molecule has 0 unspecified atom stereocenters. The molecule has 0 fully saturated rings. The van der Waals surface area contributed by atoms with Crippen LogP contribution in [0.2, 0.25) is 10.0 Å². The fourth-order valence-electron chi connectivity index (χ4n) is 1.59. The monoisotopic (exact) mass is 297 g/mol. The standard InChI is InChI=1S/C14H13Cl2NS/c15-13-4-2-1-3-10(13)8-18-9-11-7-12(17)5-6-14(11)16/h1-7H,8-9,17H2. The molecule has 0 bridgehead atoms. The number of benzene rings is 2. The maximum Gasteiger partial charge on any atom is 0.0447 e. The number of nitrogens with two attached hydrogens (primary N) is 1. The van der Waals surface area contributed by atoms with Crippen LogP contribution in [0.1, 0.15) is 11.1 Å². The Morgan fingerprint density at radius 2 is 1.56 bits per heavy atom. The Morgan fingerprint density at radius 1 is 0.889 bits per heavy atom. The van der Waals surface area contributed by atoms with Crippen LogP contribution in [0.25, 0.3) is 0 Å². The summed E-state index contributed by atoms with van der Waals surface area (Å²) in [5.74, 6) is 1.69. The average molecular weight is 298 g/mol. The summed E-state index contributed by atoms with van der Waals surface area (Å²) in [6.07, 6.45) is 0. The Labute approximate surface area is 121 Å². The number of anilines is 1. The molecule has 94 valence electrons. The zero-order valence-electron chi connectivity index (χ0n) is 9.70. The second-order valence-electron chi connectivity index (χ2n) is 3.94. The van der Waals surface area contributed by atoms with Gasteiger partial charge in [0.2, 0.25) is 0 Å². The number of hydrogen-bond acceptors (Lipinski definition) is 2. The van der Waals surface area contributed by atoms with Gasteiger partial charge in [-0.05, 0) is 35.4 Å². The number of thioether (sulfide) groups is 1. The molecule has 0 aliphatic rings. The highest BCUT2D eigenvalue weighted by atomic mass is 35.5. The molecule has 2 aromatic carbocycles. The Hall–Kier alpha value is -0.830. The quantitative estimate of drug-likeness (QED) is 0.803. The molecule has 0 aliphatic carbocycles. The molecule has 0 amide bonds. The molecular formula is C14H13Cl2NS. The number of rotatable bonds is 4. The van der Waals surface area contributed by atoms with Crippen molar-refractivity contribution in [3.8, 4) is 0 Å². The van der Waals surface area contributed by atoms with E-state index >= 15 is 0 Å². The number of hydrogen-bond donors (Lipinski definition) is 1. The van der Waals surface area contributed by atoms with Crippen molar-refractivity contribution in [1.29, 1.82) is 0 Å². The van der Waals surface area contributed by atoms with Gasteiger partial charge in [-0.15, -0.1) is 0 Å². The third kappa shape index (κ3) is 3.58. The van der Waals surface area contributed by atoms with Crippen molar-refractivity contribution in [2.45, 2.75) is 11.5 Å². The summed E-state index contributed by atoms with van der Waals surface area (Å²) in [7, 11) is 0. The van der Waals surface area contributed by atoms with Gasteiger partial charge in [-0.2, -0.15) is 11.8 Å². The van der Waals surface area contributed by atoms with Gasteiger partial charge < -0.3 is 5.73 Å². The van der Waals surface area contributed by atoms with Crippen molar-refractivity contribution < 1.29 is 0 Å². The van der Waals surface area contributed by atoms with Gasteiger partial charge >= 0.3 is 0 Å². The van der Waals surface area contributed by atoms with Gasteiger partial charge in [0.05, 0.1) is 0 Å². The van der Waals surface area contributed by atoms with Crippen LogP contribution in [0.5, 0.6) is 0 Å². The smallest absolute Gasteiger partial charge is 0.0447 e. The van der Waals surface area contributed by atoms with Gasteiger partial charge in [-0.25, -0.2) is 0 Å². The van der Waals surface area contributed by atoms with E-state index in [1.807, 2.05) is 42.5 Å². The van der Waals surface area contributed by atoms with Crippen molar-refractivity contribution in [2.24, 2.45) is 0 Å². The van der Waals surface area contributed by atoms with Crippen molar-refractivity contribution in [1.82, 2.24) is 0 Å². The van der Waals surface area contributed by atoms with E-state index in [0.717, 1.165) is 38.4 Å². The summed E-state index contributed by atoms with van der Waals surface area (Å²) in [6.45, 7) is 0. The van der Waals surface area contributed by atoms with Gasteiger partial charge in [0, 0.05) is 27.2 Å². The highest BCUT2D eigenvalue weighted by Gasteiger charge is 2.03. The van der Waals surface area contributed by atoms with Crippen molar-refractivity contribution in [3.63, 3.8) is 0 Å². The third-order valence-corrected chi connectivity index (χ3v) is 4.31. The zero-order chi connectivity index (χ0) is 13.0. The average Bonchev–Trinajstić information content (AvgIpc) is 2.36. The van der Waals surface area contributed by atoms with E-state index in [9.17, 15) is 0 Å². The molecule has 18 heavy (non-hydrogen) atoms. The van der Waals surface area contributed by atoms with Crippen LogP contribution >= 0.6 is 35.0 Å². The van der Waals surface area contributed by atoms with Crippen LogP contribution in [0, 0.1) is 0 Å². The summed E-state index contributed by atoms with van der Waals surface area (Å²) in [5.41, 5.74) is 8.70. The lowest BCUT2D eigenvalue weighted by molar-refractivity contribution is 1.36. The van der Waals surface area contributed by atoms with Gasteiger partial charge in [0.25, 0.3) is 0 Å². The third-order valence-electron chi connectivity index (χ3n) is 2.54. The SMILES string of the molecule is Nc1ccc(Cl)c(CSCc2ccccc2Cl)c1. The normalized spacial score (nSPS) is 10.6. The first-order valence-corrected chi connectivity index (χ1v) is 7.43. The summed E-state index contributed by atoms with van der Waals surface area (Å²) >= 11 is 14.0. The lowest BCUT2D eigenvalue weighted by Gasteiger charge is -2.06. The minimum Gasteiger partial charge on any atom is -0.399 e. The maximum absolute atomic E-state index is 6.11. The van der Waals surface area contributed by atoms with E-state index in [1.165, 1.54) is 0 Å². The van der Waals surface area contributed by atoms with Crippen molar-refractivity contribution in [3.05, 3.63) is 63.6 Å². The molecule has 2 N–H and O–H groups in total. The molecular weight excluding hydrogens is 285 g/mol. The number of halogens is 2. The van der Waals surface area contributed by atoms with Crippen LogP contribution in [0.4, 0.5) is 5.69 Å². The highest BCUT2D eigenvalue weighted by molar-refractivity contribution is 7.97. The van der Waals surface area contributed by atoms with Gasteiger partial charge in [0.1, 0.15) is 0 Å². The van der Waals surface area contributed by atoms with Crippen LogP contribution < -0.4 is 5.73 Å². The Kier molecular flexibility index (Phi) is 4.81. The molecule has 0 aromatic heterocycles. The molecule has 1 nitrogen and oxygen atoms in total.